The summed E-state index contributed by atoms with van der Waals surface area (Å²) >= 11 is 0. The smallest absolute Gasteiger partial charge is 0.311 e. The second-order valence-corrected chi connectivity index (χ2v) is 5.61. The molecule has 0 bridgehead atoms. The van der Waals surface area contributed by atoms with Gasteiger partial charge in [-0.15, -0.1) is 0 Å². The van der Waals surface area contributed by atoms with Crippen molar-refractivity contribution in [3.05, 3.63) is 33.9 Å². The molecule has 3 unspecified atom stereocenters. The second kappa shape index (κ2) is 6.03. The number of hydrogen-bond donors (Lipinski definition) is 0. The van der Waals surface area contributed by atoms with Gasteiger partial charge >= 0.3 is 5.69 Å². The zero-order valence-electron chi connectivity index (χ0n) is 11.7. The largest absolute Gasteiger partial charge is 0.483 e. The van der Waals surface area contributed by atoms with Gasteiger partial charge < -0.3 is 4.74 Å². The highest BCUT2D eigenvalue weighted by atomic mass is 16.6. The van der Waals surface area contributed by atoms with Gasteiger partial charge in [0.25, 0.3) is 0 Å². The molecule has 5 heteroatoms. The van der Waals surface area contributed by atoms with Crippen molar-refractivity contribution in [3.8, 4) is 5.75 Å². The van der Waals surface area contributed by atoms with Crippen LogP contribution in [-0.2, 0) is 0 Å². The van der Waals surface area contributed by atoms with E-state index in [9.17, 15) is 14.9 Å². The van der Waals surface area contributed by atoms with E-state index in [0.29, 0.717) is 18.1 Å². The minimum absolute atomic E-state index is 0.0157. The summed E-state index contributed by atoms with van der Waals surface area (Å²) < 4.78 is 5.81. The normalized spacial score (nSPS) is 26.0. The van der Waals surface area contributed by atoms with Gasteiger partial charge in [0.05, 0.1) is 11.0 Å². The highest BCUT2D eigenvalue weighted by molar-refractivity contribution is 5.77. The molecule has 1 aliphatic rings. The van der Waals surface area contributed by atoms with Crippen LogP contribution in [0.4, 0.5) is 5.69 Å². The van der Waals surface area contributed by atoms with Crippen molar-refractivity contribution in [2.45, 2.75) is 39.2 Å². The fraction of sp³-hybridized carbons (Fsp3) is 0.533. The summed E-state index contributed by atoms with van der Waals surface area (Å²) in [5.41, 5.74) is 0.149. The van der Waals surface area contributed by atoms with Gasteiger partial charge in [-0.2, -0.15) is 0 Å². The third-order valence-electron chi connectivity index (χ3n) is 4.16. The molecule has 0 heterocycles. The van der Waals surface area contributed by atoms with Crippen molar-refractivity contribution in [3.63, 3.8) is 0 Å². The first-order valence-electron chi connectivity index (χ1n) is 6.91. The number of hydrogen-bond acceptors (Lipinski definition) is 4. The molecule has 5 nitrogen and oxygen atoms in total. The Bertz CT molecular complexity index is 515. The van der Waals surface area contributed by atoms with Crippen LogP contribution in [0.3, 0.4) is 0 Å². The van der Waals surface area contributed by atoms with Crippen LogP contribution in [0.25, 0.3) is 0 Å². The maximum Gasteiger partial charge on any atom is 0.311 e. The fourth-order valence-corrected chi connectivity index (χ4v) is 2.63. The van der Waals surface area contributed by atoms with E-state index in [1.807, 2.05) is 0 Å². The van der Waals surface area contributed by atoms with Crippen molar-refractivity contribution < 1.29 is 14.5 Å². The molecule has 20 heavy (non-hydrogen) atoms. The number of aldehydes is 1. The Labute approximate surface area is 118 Å². The zero-order chi connectivity index (χ0) is 14.7. The predicted octanol–water partition coefficient (Wildman–Crippen LogP) is 3.61. The Morgan fingerprint density at radius 2 is 2.05 bits per heavy atom. The Morgan fingerprint density at radius 3 is 2.65 bits per heavy atom. The first-order valence-corrected chi connectivity index (χ1v) is 6.91. The van der Waals surface area contributed by atoms with Crippen molar-refractivity contribution in [2.75, 3.05) is 0 Å². The van der Waals surface area contributed by atoms with E-state index in [2.05, 4.69) is 13.8 Å². The van der Waals surface area contributed by atoms with Crippen molar-refractivity contribution in [1.29, 1.82) is 0 Å². The molecule has 1 aromatic carbocycles. The van der Waals surface area contributed by atoms with E-state index in [0.717, 1.165) is 19.3 Å². The standard InChI is InChI=1S/C15H19NO4/c1-10-3-5-13(7-11(10)2)20-15-6-4-12(9-17)8-14(15)16(18)19/h4,6,8-11,13H,3,5,7H2,1-2H3. The SMILES string of the molecule is CC1CCC(Oc2ccc(C=O)cc2[N+](=O)[O-])CC1C. The lowest BCUT2D eigenvalue weighted by Crippen LogP contribution is -2.28. The number of ether oxygens (including phenoxy) is 1. The lowest BCUT2D eigenvalue weighted by atomic mass is 9.80. The van der Waals surface area contributed by atoms with Crippen LogP contribution in [0.2, 0.25) is 0 Å². The molecular weight excluding hydrogens is 258 g/mol. The number of nitro benzene ring substituents is 1. The van der Waals surface area contributed by atoms with Crippen LogP contribution in [-0.4, -0.2) is 17.3 Å². The van der Waals surface area contributed by atoms with Crippen molar-refractivity contribution in [2.24, 2.45) is 11.8 Å². The molecule has 2 rings (SSSR count). The number of carbonyl (C=O) groups is 1. The Kier molecular flexibility index (Phi) is 4.37. The van der Waals surface area contributed by atoms with E-state index in [4.69, 9.17) is 4.74 Å². The summed E-state index contributed by atoms with van der Waals surface area (Å²) in [4.78, 5) is 21.3. The summed E-state index contributed by atoms with van der Waals surface area (Å²) in [5.74, 6) is 1.48. The lowest BCUT2D eigenvalue weighted by molar-refractivity contribution is -0.386. The summed E-state index contributed by atoms with van der Waals surface area (Å²) in [6.07, 6.45) is 3.51. The highest BCUT2D eigenvalue weighted by Gasteiger charge is 2.27. The summed E-state index contributed by atoms with van der Waals surface area (Å²) in [7, 11) is 0. The van der Waals surface area contributed by atoms with Gasteiger partial charge in [0.2, 0.25) is 0 Å². The summed E-state index contributed by atoms with van der Waals surface area (Å²) in [6.45, 7) is 4.41. The Hall–Kier alpha value is -1.91. The first kappa shape index (κ1) is 14.5. The van der Waals surface area contributed by atoms with Gasteiger partial charge in [-0.25, -0.2) is 0 Å². The van der Waals surface area contributed by atoms with E-state index in [1.165, 1.54) is 12.1 Å². The average Bonchev–Trinajstić information content (AvgIpc) is 2.43. The molecule has 0 aromatic heterocycles. The maximum absolute atomic E-state index is 11.1. The van der Waals surface area contributed by atoms with Crippen LogP contribution >= 0.6 is 0 Å². The number of nitrogens with zero attached hydrogens (tertiary/aromatic N) is 1. The van der Waals surface area contributed by atoms with E-state index in [-0.39, 0.29) is 23.1 Å². The molecule has 0 saturated heterocycles. The van der Waals surface area contributed by atoms with Crippen LogP contribution in [0, 0.1) is 22.0 Å². The molecule has 1 saturated carbocycles. The topological polar surface area (TPSA) is 69.4 Å². The Morgan fingerprint density at radius 1 is 1.30 bits per heavy atom. The van der Waals surface area contributed by atoms with Crippen molar-refractivity contribution >= 4 is 12.0 Å². The van der Waals surface area contributed by atoms with E-state index >= 15 is 0 Å². The van der Waals surface area contributed by atoms with Gasteiger partial charge in [-0.05, 0) is 43.2 Å². The summed E-state index contributed by atoms with van der Waals surface area (Å²) in [6, 6.07) is 4.33. The van der Waals surface area contributed by atoms with Gasteiger partial charge in [-0.1, -0.05) is 13.8 Å². The quantitative estimate of drug-likeness (QED) is 0.479. The number of carbonyl (C=O) groups excluding carboxylic acids is 1. The molecular formula is C15H19NO4. The number of benzene rings is 1. The zero-order valence-corrected chi connectivity index (χ0v) is 11.7. The average molecular weight is 277 g/mol. The minimum atomic E-state index is -0.503. The number of rotatable bonds is 4. The van der Waals surface area contributed by atoms with Crippen molar-refractivity contribution in [1.82, 2.24) is 0 Å². The highest BCUT2D eigenvalue weighted by Crippen LogP contribution is 2.35. The monoisotopic (exact) mass is 277 g/mol. The van der Waals surface area contributed by atoms with Gasteiger partial charge in [0.15, 0.2) is 5.75 Å². The molecule has 0 N–H and O–H groups in total. The summed E-state index contributed by atoms with van der Waals surface area (Å²) in [5, 5.41) is 11.1. The molecule has 0 spiro atoms. The van der Waals surface area contributed by atoms with E-state index in [1.54, 1.807) is 6.07 Å². The molecule has 108 valence electrons. The Balaban J connectivity index is 2.16. The first-order chi connectivity index (χ1) is 9.51. The number of nitro groups is 1. The lowest BCUT2D eigenvalue weighted by Gasteiger charge is -2.32. The van der Waals surface area contributed by atoms with Crippen LogP contribution in [0.15, 0.2) is 18.2 Å². The molecule has 1 fully saturated rings. The minimum Gasteiger partial charge on any atom is -0.483 e. The third kappa shape index (κ3) is 3.15. The third-order valence-corrected chi connectivity index (χ3v) is 4.16. The van der Waals surface area contributed by atoms with Crippen LogP contribution < -0.4 is 4.74 Å². The van der Waals surface area contributed by atoms with Gasteiger partial charge in [-0.3, -0.25) is 14.9 Å². The molecule has 3 atom stereocenters. The van der Waals surface area contributed by atoms with Crippen LogP contribution in [0.1, 0.15) is 43.5 Å². The molecule has 0 amide bonds. The molecule has 1 aliphatic carbocycles. The molecule has 0 aliphatic heterocycles. The van der Waals surface area contributed by atoms with E-state index < -0.39 is 4.92 Å². The molecule has 0 radical (unpaired) electrons. The second-order valence-electron chi connectivity index (χ2n) is 5.61. The molecule has 1 aromatic rings. The van der Waals surface area contributed by atoms with Crippen LogP contribution in [0.5, 0.6) is 5.75 Å². The van der Waals surface area contributed by atoms with Gasteiger partial charge in [0.1, 0.15) is 6.29 Å². The maximum atomic E-state index is 11.1. The predicted molar refractivity (Wildman–Crippen MR) is 75.1 cm³/mol. The van der Waals surface area contributed by atoms with Gasteiger partial charge in [0, 0.05) is 11.6 Å². The fourth-order valence-electron chi connectivity index (χ4n) is 2.63.